The van der Waals surface area contributed by atoms with Crippen LogP contribution in [0.25, 0.3) is 0 Å². The quantitative estimate of drug-likeness (QED) is 0.601. The van der Waals surface area contributed by atoms with Crippen molar-refractivity contribution in [2.45, 2.75) is 30.1 Å². The molecule has 1 aromatic rings. The van der Waals surface area contributed by atoms with Gasteiger partial charge in [0, 0.05) is 16.3 Å². The van der Waals surface area contributed by atoms with E-state index in [1.807, 2.05) is 0 Å². The summed E-state index contributed by atoms with van der Waals surface area (Å²) in [5.41, 5.74) is 9.30. The molecule has 18 heavy (non-hydrogen) atoms. The van der Waals surface area contributed by atoms with Crippen LogP contribution in [0.1, 0.15) is 31.2 Å². The lowest BCUT2D eigenvalue weighted by Gasteiger charge is -2.27. The standard InChI is InChI=1S/C13H13BrClFN2/c14-13(9-6-5-8(15)7-11(9)16)10-3-1-2-4-12(10)17-18-13/h5-7,17-18H,1-4H2. The first-order valence-electron chi connectivity index (χ1n) is 6.01. The van der Waals surface area contributed by atoms with E-state index in [1.165, 1.54) is 23.8 Å². The molecule has 0 fully saturated rings. The van der Waals surface area contributed by atoms with Crippen molar-refractivity contribution in [3.8, 4) is 0 Å². The molecule has 2 aliphatic rings. The summed E-state index contributed by atoms with van der Waals surface area (Å²) in [4.78, 5) is 0. The average Bonchev–Trinajstić information content (AvgIpc) is 2.69. The van der Waals surface area contributed by atoms with Gasteiger partial charge in [0.2, 0.25) is 0 Å². The summed E-state index contributed by atoms with van der Waals surface area (Å²) in [5, 5.41) is 0.413. The van der Waals surface area contributed by atoms with Crippen molar-refractivity contribution in [1.29, 1.82) is 0 Å². The molecular formula is C13H13BrClFN2. The van der Waals surface area contributed by atoms with Crippen LogP contribution in [-0.4, -0.2) is 0 Å². The van der Waals surface area contributed by atoms with E-state index in [4.69, 9.17) is 11.6 Å². The van der Waals surface area contributed by atoms with Gasteiger partial charge in [-0.05, 0) is 43.4 Å². The number of nitrogens with one attached hydrogen (secondary N) is 2. The lowest BCUT2D eigenvalue weighted by atomic mass is 9.89. The maximum Gasteiger partial charge on any atom is 0.142 e. The zero-order valence-corrected chi connectivity index (χ0v) is 12.0. The predicted molar refractivity (Wildman–Crippen MR) is 73.8 cm³/mol. The molecule has 2 N–H and O–H groups in total. The molecule has 2 nitrogen and oxygen atoms in total. The van der Waals surface area contributed by atoms with Gasteiger partial charge in [-0.2, -0.15) is 0 Å². The summed E-state index contributed by atoms with van der Waals surface area (Å²) in [6.45, 7) is 0. The van der Waals surface area contributed by atoms with E-state index >= 15 is 0 Å². The first-order chi connectivity index (χ1) is 8.61. The summed E-state index contributed by atoms with van der Waals surface area (Å²) < 4.78 is 13.5. The minimum absolute atomic E-state index is 0.298. The fourth-order valence-corrected chi connectivity index (χ4v) is 3.68. The van der Waals surface area contributed by atoms with Crippen LogP contribution >= 0.6 is 27.5 Å². The van der Waals surface area contributed by atoms with Gasteiger partial charge in [0.25, 0.3) is 0 Å². The van der Waals surface area contributed by atoms with Crippen molar-refractivity contribution < 1.29 is 4.39 Å². The second kappa shape index (κ2) is 4.51. The van der Waals surface area contributed by atoms with Crippen molar-refractivity contribution >= 4 is 27.5 Å². The molecule has 1 aliphatic carbocycles. The average molecular weight is 332 g/mol. The van der Waals surface area contributed by atoms with Crippen LogP contribution < -0.4 is 10.9 Å². The Labute approximate surface area is 119 Å². The second-order valence-corrected chi connectivity index (χ2v) is 6.32. The van der Waals surface area contributed by atoms with Crippen molar-refractivity contribution in [3.05, 3.63) is 45.9 Å². The van der Waals surface area contributed by atoms with E-state index in [9.17, 15) is 4.39 Å². The monoisotopic (exact) mass is 330 g/mol. The van der Waals surface area contributed by atoms with Crippen molar-refractivity contribution in [3.63, 3.8) is 0 Å². The SMILES string of the molecule is Fc1cc(Cl)ccc1C1(Br)NNC2=C1CCCC2. The van der Waals surface area contributed by atoms with E-state index < -0.39 is 4.45 Å². The van der Waals surface area contributed by atoms with Crippen LogP contribution in [0.2, 0.25) is 5.02 Å². The number of allylic oxidation sites excluding steroid dienone is 1. The Morgan fingerprint density at radius 1 is 1.28 bits per heavy atom. The summed E-state index contributed by atoms with van der Waals surface area (Å²) in [6.07, 6.45) is 4.32. The van der Waals surface area contributed by atoms with Crippen molar-refractivity contribution in [1.82, 2.24) is 10.9 Å². The number of rotatable bonds is 1. The first kappa shape index (κ1) is 12.5. The highest BCUT2D eigenvalue weighted by Gasteiger charge is 2.42. The fraction of sp³-hybridized carbons (Fsp3) is 0.385. The van der Waals surface area contributed by atoms with E-state index in [-0.39, 0.29) is 5.82 Å². The largest absolute Gasteiger partial charge is 0.324 e. The Kier molecular flexibility index (Phi) is 3.12. The van der Waals surface area contributed by atoms with Crippen LogP contribution in [0, 0.1) is 5.82 Å². The number of alkyl halides is 1. The third kappa shape index (κ3) is 1.87. The van der Waals surface area contributed by atoms with Crippen LogP contribution in [0.3, 0.4) is 0 Å². The van der Waals surface area contributed by atoms with Crippen LogP contribution in [0.5, 0.6) is 0 Å². The van der Waals surface area contributed by atoms with Crippen molar-refractivity contribution in [2.24, 2.45) is 0 Å². The molecule has 0 bridgehead atoms. The van der Waals surface area contributed by atoms with Gasteiger partial charge in [0.05, 0.1) is 0 Å². The van der Waals surface area contributed by atoms with Gasteiger partial charge in [-0.25, -0.2) is 9.82 Å². The van der Waals surface area contributed by atoms with Gasteiger partial charge in [-0.15, -0.1) is 0 Å². The molecule has 1 heterocycles. The number of hydrogen-bond donors (Lipinski definition) is 2. The van der Waals surface area contributed by atoms with Crippen LogP contribution in [0.4, 0.5) is 4.39 Å². The first-order valence-corrected chi connectivity index (χ1v) is 7.18. The van der Waals surface area contributed by atoms with E-state index in [0.29, 0.717) is 10.6 Å². The third-order valence-electron chi connectivity index (χ3n) is 3.57. The molecule has 0 saturated carbocycles. The molecule has 96 valence electrons. The predicted octanol–water partition coefficient (Wildman–Crippen LogP) is 3.96. The summed E-state index contributed by atoms with van der Waals surface area (Å²) in [7, 11) is 0. The Bertz CT molecular complexity index is 532. The number of halogens is 3. The zero-order valence-electron chi connectivity index (χ0n) is 9.69. The smallest absolute Gasteiger partial charge is 0.142 e. The van der Waals surface area contributed by atoms with E-state index in [2.05, 4.69) is 26.8 Å². The highest BCUT2D eigenvalue weighted by atomic mass is 79.9. The van der Waals surface area contributed by atoms with Gasteiger partial charge < -0.3 is 5.43 Å². The molecule has 1 unspecified atom stereocenters. The number of hydrogen-bond acceptors (Lipinski definition) is 2. The number of hydrazine groups is 1. The minimum atomic E-state index is -0.641. The number of benzene rings is 1. The molecule has 0 amide bonds. The highest BCUT2D eigenvalue weighted by Crippen LogP contribution is 2.46. The molecule has 1 atom stereocenters. The zero-order chi connectivity index (χ0) is 12.8. The van der Waals surface area contributed by atoms with Gasteiger partial charge in [0.15, 0.2) is 0 Å². The maximum absolute atomic E-state index is 14.1. The molecule has 0 radical (unpaired) electrons. The summed E-state index contributed by atoms with van der Waals surface area (Å²) in [6, 6.07) is 4.79. The van der Waals surface area contributed by atoms with Gasteiger partial charge >= 0.3 is 0 Å². The Morgan fingerprint density at radius 2 is 2.06 bits per heavy atom. The van der Waals surface area contributed by atoms with Gasteiger partial charge in [-0.1, -0.05) is 33.6 Å². The van der Waals surface area contributed by atoms with Gasteiger partial charge in [0.1, 0.15) is 10.3 Å². The van der Waals surface area contributed by atoms with E-state index in [0.717, 1.165) is 19.3 Å². The normalized spacial score (nSPS) is 27.1. The Balaban J connectivity index is 2.07. The molecule has 3 rings (SSSR count). The van der Waals surface area contributed by atoms with E-state index in [1.54, 1.807) is 12.1 Å². The second-order valence-electron chi connectivity index (χ2n) is 4.70. The van der Waals surface area contributed by atoms with Gasteiger partial charge in [-0.3, -0.25) is 0 Å². The lowest BCUT2D eigenvalue weighted by molar-refractivity contribution is 0.511. The molecular weight excluding hydrogens is 319 g/mol. The fourth-order valence-electron chi connectivity index (χ4n) is 2.66. The lowest BCUT2D eigenvalue weighted by Crippen LogP contribution is -2.39. The molecule has 0 spiro atoms. The van der Waals surface area contributed by atoms with Crippen LogP contribution in [-0.2, 0) is 4.45 Å². The molecule has 1 aromatic carbocycles. The summed E-state index contributed by atoms with van der Waals surface area (Å²) in [5.74, 6) is -0.298. The molecule has 0 saturated heterocycles. The molecule has 5 heteroatoms. The molecule has 0 aromatic heterocycles. The van der Waals surface area contributed by atoms with Crippen LogP contribution in [0.15, 0.2) is 29.5 Å². The maximum atomic E-state index is 14.1. The van der Waals surface area contributed by atoms with Crippen molar-refractivity contribution in [2.75, 3.05) is 0 Å². The third-order valence-corrected chi connectivity index (χ3v) is 4.91. The Hall–Kier alpha value is -0.580. The summed E-state index contributed by atoms with van der Waals surface area (Å²) >= 11 is 9.46. The minimum Gasteiger partial charge on any atom is -0.324 e. The molecule has 1 aliphatic heterocycles. The highest BCUT2D eigenvalue weighted by molar-refractivity contribution is 9.09. The topological polar surface area (TPSA) is 24.1 Å². The Morgan fingerprint density at radius 3 is 2.83 bits per heavy atom.